The van der Waals surface area contributed by atoms with E-state index in [1.54, 1.807) is 18.3 Å². The van der Waals surface area contributed by atoms with Crippen LogP contribution in [0.4, 0.5) is 5.82 Å². The van der Waals surface area contributed by atoms with Crippen molar-refractivity contribution < 1.29 is 8.42 Å². The van der Waals surface area contributed by atoms with Crippen molar-refractivity contribution in [1.82, 2.24) is 4.98 Å². The van der Waals surface area contributed by atoms with Crippen LogP contribution in [-0.4, -0.2) is 25.7 Å². The second kappa shape index (κ2) is 6.48. The molecule has 4 nitrogen and oxygen atoms in total. The average molecular weight is 318 g/mol. The van der Waals surface area contributed by atoms with Crippen LogP contribution < -0.4 is 5.32 Å². The summed E-state index contributed by atoms with van der Waals surface area (Å²) in [6.45, 7) is 6.20. The van der Waals surface area contributed by atoms with Gasteiger partial charge < -0.3 is 5.32 Å². The number of sulfone groups is 1. The fourth-order valence-electron chi connectivity index (χ4n) is 2.49. The first-order valence-electron chi connectivity index (χ1n) is 7.25. The molecule has 2 rings (SSSR count). The van der Waals surface area contributed by atoms with Gasteiger partial charge in [-0.1, -0.05) is 23.8 Å². The van der Waals surface area contributed by atoms with E-state index in [1.165, 1.54) is 22.9 Å². The zero-order valence-electron chi connectivity index (χ0n) is 13.4. The lowest BCUT2D eigenvalue weighted by molar-refractivity contribution is 0.601. The molecule has 1 N–H and O–H groups in total. The van der Waals surface area contributed by atoms with Crippen molar-refractivity contribution in [3.63, 3.8) is 0 Å². The van der Waals surface area contributed by atoms with Gasteiger partial charge in [0.05, 0.1) is 0 Å². The minimum Gasteiger partial charge on any atom is -0.366 e. The summed E-state index contributed by atoms with van der Waals surface area (Å²) in [5.74, 6) is 0.419. The topological polar surface area (TPSA) is 59.1 Å². The lowest BCUT2D eigenvalue weighted by atomic mass is 10.00. The first-order chi connectivity index (χ1) is 10.3. The van der Waals surface area contributed by atoms with E-state index in [2.05, 4.69) is 42.3 Å². The third-order valence-corrected chi connectivity index (χ3v) is 4.71. The first kappa shape index (κ1) is 16.5. The Morgan fingerprint density at radius 1 is 1.23 bits per heavy atom. The predicted octanol–water partition coefficient (Wildman–Crippen LogP) is 3.15. The number of aromatic nitrogens is 1. The van der Waals surface area contributed by atoms with Crippen molar-refractivity contribution in [1.29, 1.82) is 0 Å². The molecule has 0 spiro atoms. The highest BCUT2D eigenvalue weighted by Crippen LogP contribution is 2.20. The standard InChI is InChI=1S/C17H22N2O2S/c1-12-7-8-15(13(2)10-12)11-14(3)19-17-16(22(4,20)21)6-5-9-18-17/h5-10,14H,11H2,1-4H3,(H,18,19). The Morgan fingerprint density at radius 3 is 2.59 bits per heavy atom. The lowest BCUT2D eigenvalue weighted by Gasteiger charge is -2.18. The van der Waals surface area contributed by atoms with Crippen molar-refractivity contribution in [2.24, 2.45) is 0 Å². The Labute approximate surface area is 132 Å². The second-order valence-electron chi connectivity index (χ2n) is 5.80. The highest BCUT2D eigenvalue weighted by atomic mass is 32.2. The van der Waals surface area contributed by atoms with E-state index < -0.39 is 9.84 Å². The van der Waals surface area contributed by atoms with Crippen LogP contribution in [-0.2, 0) is 16.3 Å². The zero-order chi connectivity index (χ0) is 16.3. The molecule has 0 fully saturated rings. The summed E-state index contributed by atoms with van der Waals surface area (Å²) < 4.78 is 23.6. The minimum absolute atomic E-state index is 0.0804. The molecular weight excluding hydrogens is 296 g/mol. The van der Waals surface area contributed by atoms with Crippen LogP contribution in [0.5, 0.6) is 0 Å². The monoisotopic (exact) mass is 318 g/mol. The van der Waals surface area contributed by atoms with Crippen LogP contribution in [0, 0.1) is 13.8 Å². The van der Waals surface area contributed by atoms with E-state index in [4.69, 9.17) is 0 Å². The molecule has 0 aliphatic carbocycles. The Kier molecular flexibility index (Phi) is 4.86. The molecule has 1 aromatic carbocycles. The molecule has 2 aromatic rings. The fraction of sp³-hybridized carbons (Fsp3) is 0.353. The van der Waals surface area contributed by atoms with Crippen LogP contribution in [0.1, 0.15) is 23.6 Å². The van der Waals surface area contributed by atoms with Crippen molar-refractivity contribution >= 4 is 15.7 Å². The normalized spacial score (nSPS) is 12.9. The summed E-state index contributed by atoms with van der Waals surface area (Å²) in [7, 11) is -3.29. The smallest absolute Gasteiger partial charge is 0.179 e. The number of benzene rings is 1. The van der Waals surface area contributed by atoms with Crippen molar-refractivity contribution in [3.8, 4) is 0 Å². The van der Waals surface area contributed by atoms with Gasteiger partial charge in [-0.05, 0) is 50.5 Å². The molecule has 1 atom stereocenters. The predicted molar refractivity (Wildman–Crippen MR) is 90.1 cm³/mol. The Morgan fingerprint density at radius 2 is 1.95 bits per heavy atom. The summed E-state index contributed by atoms with van der Waals surface area (Å²) in [6.07, 6.45) is 3.61. The summed E-state index contributed by atoms with van der Waals surface area (Å²) in [6, 6.07) is 9.67. The van der Waals surface area contributed by atoms with Gasteiger partial charge in [-0.15, -0.1) is 0 Å². The van der Waals surface area contributed by atoms with Gasteiger partial charge >= 0.3 is 0 Å². The van der Waals surface area contributed by atoms with Gasteiger partial charge in [-0.25, -0.2) is 13.4 Å². The van der Waals surface area contributed by atoms with Gasteiger partial charge in [-0.3, -0.25) is 0 Å². The first-order valence-corrected chi connectivity index (χ1v) is 9.14. The van der Waals surface area contributed by atoms with Gasteiger partial charge in [0, 0.05) is 18.5 Å². The third-order valence-electron chi connectivity index (χ3n) is 3.58. The van der Waals surface area contributed by atoms with E-state index >= 15 is 0 Å². The molecule has 0 bridgehead atoms. The third kappa shape index (κ3) is 4.07. The van der Waals surface area contributed by atoms with Crippen LogP contribution in [0.2, 0.25) is 0 Å². The van der Waals surface area contributed by atoms with Crippen LogP contribution in [0.15, 0.2) is 41.4 Å². The molecule has 5 heteroatoms. The molecule has 0 saturated carbocycles. The van der Waals surface area contributed by atoms with Crippen molar-refractivity contribution in [2.75, 3.05) is 11.6 Å². The summed E-state index contributed by atoms with van der Waals surface area (Å²) in [5, 5.41) is 3.22. The molecule has 1 aromatic heterocycles. The van der Waals surface area contributed by atoms with Gasteiger partial charge in [0.15, 0.2) is 9.84 Å². The largest absolute Gasteiger partial charge is 0.366 e. The zero-order valence-corrected chi connectivity index (χ0v) is 14.2. The molecule has 0 aliphatic rings. The number of nitrogens with one attached hydrogen (secondary N) is 1. The minimum atomic E-state index is -3.29. The number of nitrogens with zero attached hydrogens (tertiary/aromatic N) is 1. The molecule has 118 valence electrons. The fourth-order valence-corrected chi connectivity index (χ4v) is 3.28. The lowest BCUT2D eigenvalue weighted by Crippen LogP contribution is -2.21. The highest BCUT2D eigenvalue weighted by molar-refractivity contribution is 7.90. The molecular formula is C17H22N2O2S. The SMILES string of the molecule is Cc1ccc(CC(C)Nc2ncccc2S(C)(=O)=O)c(C)c1. The molecule has 1 unspecified atom stereocenters. The van der Waals surface area contributed by atoms with Crippen molar-refractivity contribution in [3.05, 3.63) is 53.2 Å². The van der Waals surface area contributed by atoms with Crippen LogP contribution in [0.25, 0.3) is 0 Å². The van der Waals surface area contributed by atoms with Gasteiger partial charge in [0.2, 0.25) is 0 Å². The number of rotatable bonds is 5. The van der Waals surface area contributed by atoms with Gasteiger partial charge in [0.1, 0.15) is 10.7 Å². The van der Waals surface area contributed by atoms with Crippen LogP contribution in [0.3, 0.4) is 0 Å². The molecule has 1 heterocycles. The molecule has 0 amide bonds. The summed E-state index contributed by atoms with van der Waals surface area (Å²) in [5.41, 5.74) is 3.74. The molecule has 0 aliphatic heterocycles. The number of aryl methyl sites for hydroxylation is 2. The van der Waals surface area contributed by atoms with E-state index in [0.29, 0.717) is 5.82 Å². The van der Waals surface area contributed by atoms with E-state index in [9.17, 15) is 8.42 Å². The summed E-state index contributed by atoms with van der Waals surface area (Å²) in [4.78, 5) is 4.41. The molecule has 0 saturated heterocycles. The quantitative estimate of drug-likeness (QED) is 0.920. The molecule has 0 radical (unpaired) electrons. The van der Waals surface area contributed by atoms with E-state index in [0.717, 1.165) is 6.42 Å². The second-order valence-corrected chi connectivity index (χ2v) is 7.79. The number of anilines is 1. The van der Waals surface area contributed by atoms with Gasteiger partial charge in [-0.2, -0.15) is 0 Å². The molecule has 22 heavy (non-hydrogen) atoms. The van der Waals surface area contributed by atoms with Crippen LogP contribution >= 0.6 is 0 Å². The van der Waals surface area contributed by atoms with E-state index in [-0.39, 0.29) is 10.9 Å². The number of hydrogen-bond donors (Lipinski definition) is 1. The maximum Gasteiger partial charge on any atom is 0.179 e. The van der Waals surface area contributed by atoms with E-state index in [1.807, 2.05) is 6.92 Å². The maximum atomic E-state index is 11.8. The highest BCUT2D eigenvalue weighted by Gasteiger charge is 2.16. The maximum absolute atomic E-state index is 11.8. The van der Waals surface area contributed by atoms with Gasteiger partial charge in [0.25, 0.3) is 0 Å². The Bertz CT molecular complexity index is 770. The average Bonchev–Trinajstić information content (AvgIpc) is 2.41. The summed E-state index contributed by atoms with van der Waals surface area (Å²) >= 11 is 0. The number of pyridine rings is 1. The van der Waals surface area contributed by atoms with Crippen molar-refractivity contribution in [2.45, 2.75) is 38.1 Å². The Hall–Kier alpha value is -1.88. The number of hydrogen-bond acceptors (Lipinski definition) is 4. The Balaban J connectivity index is 2.18.